The highest BCUT2D eigenvalue weighted by molar-refractivity contribution is 5.91. The van der Waals surface area contributed by atoms with Crippen LogP contribution in [0.15, 0.2) is 18.3 Å². The summed E-state index contributed by atoms with van der Waals surface area (Å²) in [6, 6.07) is 3.13. The van der Waals surface area contributed by atoms with Crippen molar-refractivity contribution >= 4 is 17.6 Å². The number of anilines is 1. The first-order valence-electron chi connectivity index (χ1n) is 5.16. The zero-order valence-electron chi connectivity index (χ0n) is 9.75. The molecule has 0 spiro atoms. The molecule has 0 saturated carbocycles. The van der Waals surface area contributed by atoms with Gasteiger partial charge in [-0.15, -0.1) is 0 Å². The average molecular weight is 237 g/mol. The molecule has 3 N–H and O–H groups in total. The van der Waals surface area contributed by atoms with Crippen molar-refractivity contribution in [2.45, 2.75) is 19.9 Å². The van der Waals surface area contributed by atoms with E-state index in [1.54, 1.807) is 11.0 Å². The Balaban J connectivity index is 3.05. The van der Waals surface area contributed by atoms with Gasteiger partial charge in [-0.1, -0.05) is 0 Å². The minimum absolute atomic E-state index is 0.00535. The van der Waals surface area contributed by atoms with Crippen molar-refractivity contribution in [1.82, 2.24) is 4.98 Å². The van der Waals surface area contributed by atoms with Gasteiger partial charge in [0.25, 0.3) is 5.91 Å². The monoisotopic (exact) mass is 237 g/mol. The molecule has 1 amide bonds. The van der Waals surface area contributed by atoms with Crippen LogP contribution in [0, 0.1) is 0 Å². The fourth-order valence-corrected chi connectivity index (χ4v) is 1.45. The van der Waals surface area contributed by atoms with Crippen molar-refractivity contribution in [2.24, 2.45) is 5.73 Å². The summed E-state index contributed by atoms with van der Waals surface area (Å²) in [6.07, 6.45) is 1.44. The summed E-state index contributed by atoms with van der Waals surface area (Å²) in [4.78, 5) is 27.2. The molecule has 0 bridgehead atoms. The first-order chi connectivity index (χ1) is 7.91. The van der Waals surface area contributed by atoms with Gasteiger partial charge in [-0.2, -0.15) is 0 Å². The van der Waals surface area contributed by atoms with Crippen LogP contribution in [0.2, 0.25) is 0 Å². The molecule has 0 aliphatic rings. The lowest BCUT2D eigenvalue weighted by Gasteiger charge is -2.27. The molecule has 0 aliphatic carbocycles. The third-order valence-electron chi connectivity index (χ3n) is 2.26. The van der Waals surface area contributed by atoms with Crippen molar-refractivity contribution in [2.75, 3.05) is 11.4 Å². The van der Waals surface area contributed by atoms with E-state index < -0.39 is 11.9 Å². The maximum Gasteiger partial charge on any atom is 0.323 e. The summed E-state index contributed by atoms with van der Waals surface area (Å²) >= 11 is 0. The minimum atomic E-state index is -0.934. The molecule has 6 nitrogen and oxygen atoms in total. The number of nitrogens with zero attached hydrogens (tertiary/aromatic N) is 2. The second kappa shape index (κ2) is 5.29. The zero-order valence-corrected chi connectivity index (χ0v) is 9.75. The Morgan fingerprint density at radius 2 is 2.18 bits per heavy atom. The molecule has 0 unspecified atom stereocenters. The van der Waals surface area contributed by atoms with E-state index in [9.17, 15) is 9.59 Å². The van der Waals surface area contributed by atoms with Gasteiger partial charge in [0, 0.05) is 17.9 Å². The highest BCUT2D eigenvalue weighted by Crippen LogP contribution is 2.17. The molecule has 1 aromatic heterocycles. The number of pyridine rings is 1. The third kappa shape index (κ3) is 3.44. The fourth-order valence-electron chi connectivity index (χ4n) is 1.45. The Morgan fingerprint density at radius 3 is 2.65 bits per heavy atom. The fraction of sp³-hybridized carbons (Fsp3) is 0.364. The van der Waals surface area contributed by atoms with Crippen LogP contribution in [0.5, 0.6) is 0 Å². The number of hydrogen-bond donors (Lipinski definition) is 2. The predicted molar refractivity (Wildman–Crippen MR) is 62.9 cm³/mol. The van der Waals surface area contributed by atoms with Crippen LogP contribution < -0.4 is 10.6 Å². The lowest BCUT2D eigenvalue weighted by molar-refractivity contribution is -0.135. The standard InChI is InChI=1S/C11H15N3O3/c1-7(2)14(6-10(15)16)8-3-4-13-9(5-8)11(12)17/h3-5,7H,6H2,1-2H3,(H2,12,17)(H,15,16). The molecule has 0 aliphatic heterocycles. The number of carboxylic acids is 1. The number of carbonyl (C=O) groups is 2. The highest BCUT2D eigenvalue weighted by Gasteiger charge is 2.15. The van der Waals surface area contributed by atoms with Gasteiger partial charge in [-0.05, 0) is 26.0 Å². The number of carbonyl (C=O) groups excluding carboxylic acids is 1. The lowest BCUT2D eigenvalue weighted by Crippen LogP contribution is -2.35. The molecular formula is C11H15N3O3. The number of amides is 1. The molecule has 0 aromatic carbocycles. The second-order valence-electron chi connectivity index (χ2n) is 3.88. The number of rotatable bonds is 5. The molecule has 1 aromatic rings. The largest absolute Gasteiger partial charge is 0.480 e. The van der Waals surface area contributed by atoms with Gasteiger partial charge in [0.15, 0.2) is 0 Å². The van der Waals surface area contributed by atoms with Gasteiger partial charge >= 0.3 is 5.97 Å². The van der Waals surface area contributed by atoms with Crippen LogP contribution in [0.1, 0.15) is 24.3 Å². The van der Waals surface area contributed by atoms with Crippen molar-refractivity contribution in [1.29, 1.82) is 0 Å². The van der Waals surface area contributed by atoms with Gasteiger partial charge in [-0.25, -0.2) is 0 Å². The lowest BCUT2D eigenvalue weighted by atomic mass is 10.2. The Hall–Kier alpha value is -2.11. The van der Waals surface area contributed by atoms with Gasteiger partial charge in [0.05, 0.1) is 0 Å². The van der Waals surface area contributed by atoms with E-state index in [-0.39, 0.29) is 18.3 Å². The molecule has 0 atom stereocenters. The highest BCUT2D eigenvalue weighted by atomic mass is 16.4. The van der Waals surface area contributed by atoms with Crippen LogP contribution in [0.4, 0.5) is 5.69 Å². The quantitative estimate of drug-likeness (QED) is 0.776. The predicted octanol–water partition coefficient (Wildman–Crippen LogP) is 0.480. The van der Waals surface area contributed by atoms with E-state index in [4.69, 9.17) is 10.8 Å². The third-order valence-corrected chi connectivity index (χ3v) is 2.26. The van der Waals surface area contributed by atoms with Crippen LogP contribution in [-0.2, 0) is 4.79 Å². The van der Waals surface area contributed by atoms with Gasteiger partial charge in [0.1, 0.15) is 12.2 Å². The molecule has 0 saturated heterocycles. The molecule has 1 heterocycles. The Kier molecular flexibility index (Phi) is 4.03. The Morgan fingerprint density at radius 1 is 1.53 bits per heavy atom. The molecule has 6 heteroatoms. The maximum absolute atomic E-state index is 11.0. The van der Waals surface area contributed by atoms with Crippen LogP contribution in [0.25, 0.3) is 0 Å². The summed E-state index contributed by atoms with van der Waals surface area (Å²) in [5.74, 6) is -1.57. The van der Waals surface area contributed by atoms with E-state index in [2.05, 4.69) is 4.98 Å². The summed E-state index contributed by atoms with van der Waals surface area (Å²) in [5.41, 5.74) is 5.86. The van der Waals surface area contributed by atoms with Crippen molar-refractivity contribution < 1.29 is 14.7 Å². The van der Waals surface area contributed by atoms with E-state index in [1.807, 2.05) is 13.8 Å². The van der Waals surface area contributed by atoms with Crippen molar-refractivity contribution in [3.8, 4) is 0 Å². The minimum Gasteiger partial charge on any atom is -0.480 e. The second-order valence-corrected chi connectivity index (χ2v) is 3.88. The Bertz CT molecular complexity index is 432. The van der Waals surface area contributed by atoms with E-state index in [0.717, 1.165) is 0 Å². The van der Waals surface area contributed by atoms with Crippen LogP contribution >= 0.6 is 0 Å². The van der Waals surface area contributed by atoms with Crippen molar-refractivity contribution in [3.63, 3.8) is 0 Å². The number of hydrogen-bond acceptors (Lipinski definition) is 4. The first-order valence-corrected chi connectivity index (χ1v) is 5.16. The number of aromatic nitrogens is 1. The maximum atomic E-state index is 11.0. The summed E-state index contributed by atoms with van der Waals surface area (Å²) < 4.78 is 0. The Labute approximate surface area is 99.1 Å². The summed E-state index contributed by atoms with van der Waals surface area (Å²) in [5, 5.41) is 8.82. The molecule has 92 valence electrons. The number of nitrogens with two attached hydrogens (primary N) is 1. The molecule has 0 fully saturated rings. The smallest absolute Gasteiger partial charge is 0.323 e. The normalized spacial score (nSPS) is 10.3. The van der Waals surface area contributed by atoms with Gasteiger partial charge in [-0.3, -0.25) is 14.6 Å². The summed E-state index contributed by atoms with van der Waals surface area (Å²) in [7, 11) is 0. The zero-order chi connectivity index (χ0) is 13.0. The van der Waals surface area contributed by atoms with Crippen LogP contribution in [-0.4, -0.2) is 34.6 Å². The van der Waals surface area contributed by atoms with Crippen LogP contribution in [0.3, 0.4) is 0 Å². The summed E-state index contributed by atoms with van der Waals surface area (Å²) in [6.45, 7) is 3.60. The van der Waals surface area contributed by atoms with E-state index >= 15 is 0 Å². The number of aliphatic carboxylic acids is 1. The first kappa shape index (κ1) is 13.0. The molecule has 1 rings (SSSR count). The average Bonchev–Trinajstić information content (AvgIpc) is 2.25. The SMILES string of the molecule is CC(C)N(CC(=O)O)c1ccnc(C(N)=O)c1. The van der Waals surface area contributed by atoms with Gasteiger partial charge < -0.3 is 15.7 Å². The topological polar surface area (TPSA) is 96.5 Å². The molecular weight excluding hydrogens is 222 g/mol. The number of carboxylic acid groups (broad SMARTS) is 1. The van der Waals surface area contributed by atoms with Crippen molar-refractivity contribution in [3.05, 3.63) is 24.0 Å². The van der Waals surface area contributed by atoms with Gasteiger partial charge in [0.2, 0.25) is 0 Å². The van der Waals surface area contributed by atoms with E-state index in [0.29, 0.717) is 5.69 Å². The number of primary amides is 1. The molecule has 17 heavy (non-hydrogen) atoms. The van der Waals surface area contributed by atoms with E-state index in [1.165, 1.54) is 12.3 Å². The molecule has 0 radical (unpaired) electrons.